The Bertz CT molecular complexity index is 1200. The van der Waals surface area contributed by atoms with E-state index in [9.17, 15) is 19.2 Å². The molecule has 2 saturated heterocycles. The number of imide groups is 1. The zero-order chi connectivity index (χ0) is 26.2. The van der Waals surface area contributed by atoms with E-state index in [0.717, 1.165) is 16.7 Å². The molecule has 4 rings (SSSR count). The van der Waals surface area contributed by atoms with Crippen molar-refractivity contribution in [3.8, 4) is 11.5 Å². The average Bonchev–Trinajstić information content (AvgIpc) is 3.16. The number of nitrogens with zero attached hydrogens (tertiary/aromatic N) is 2. The first kappa shape index (κ1) is 26.2. The summed E-state index contributed by atoms with van der Waals surface area (Å²) in [6.07, 6.45) is 1.56. The third kappa shape index (κ3) is 6.89. The van der Waals surface area contributed by atoms with E-state index in [0.29, 0.717) is 55.7 Å². The van der Waals surface area contributed by atoms with Gasteiger partial charge in [-0.2, -0.15) is 0 Å². The van der Waals surface area contributed by atoms with Crippen LogP contribution in [-0.2, 0) is 19.1 Å². The maximum Gasteiger partial charge on any atom is 0.294 e. The van der Waals surface area contributed by atoms with Crippen molar-refractivity contribution in [3.63, 3.8) is 0 Å². The van der Waals surface area contributed by atoms with Gasteiger partial charge >= 0.3 is 0 Å². The molecule has 10 nitrogen and oxygen atoms in total. The molecule has 0 aromatic heterocycles. The fraction of sp³-hybridized carbons (Fsp3) is 0.308. The minimum atomic E-state index is -0.549. The number of rotatable bonds is 9. The van der Waals surface area contributed by atoms with Gasteiger partial charge in [0.25, 0.3) is 17.1 Å². The second-order valence-corrected chi connectivity index (χ2v) is 9.10. The maximum atomic E-state index is 12.8. The van der Waals surface area contributed by atoms with E-state index in [4.69, 9.17) is 14.2 Å². The van der Waals surface area contributed by atoms with Crippen LogP contribution in [0.1, 0.15) is 12.5 Å². The number of amides is 4. The van der Waals surface area contributed by atoms with Crippen LogP contribution in [0.3, 0.4) is 0 Å². The summed E-state index contributed by atoms with van der Waals surface area (Å²) >= 11 is 0.764. The van der Waals surface area contributed by atoms with Crippen LogP contribution >= 0.6 is 11.8 Å². The predicted octanol–water partition coefficient (Wildman–Crippen LogP) is 3.00. The molecule has 4 amide bonds. The first-order valence-corrected chi connectivity index (χ1v) is 12.6. The Balaban J connectivity index is 1.41. The fourth-order valence-electron chi connectivity index (χ4n) is 3.70. The van der Waals surface area contributed by atoms with E-state index < -0.39 is 17.1 Å². The standard InChI is InChI=1S/C26H27N3O7S/c1-2-35-21-14-18(8-9-20(21)36-17-24(31)28-10-12-34-13-11-28)15-22-25(32)29(26(33)37-22)16-23(30)27-19-6-4-3-5-7-19/h3-9,14-15H,2,10-13,16-17H2,1H3,(H,27,30)/b22-15-. The lowest BCUT2D eigenvalue weighted by Crippen LogP contribution is -2.43. The van der Waals surface area contributed by atoms with E-state index in [1.54, 1.807) is 53.4 Å². The number of para-hydroxylation sites is 1. The first-order chi connectivity index (χ1) is 17.9. The molecule has 0 bridgehead atoms. The second kappa shape index (κ2) is 12.4. The molecule has 0 aliphatic carbocycles. The van der Waals surface area contributed by atoms with Crippen LogP contribution < -0.4 is 14.8 Å². The zero-order valence-corrected chi connectivity index (χ0v) is 21.1. The summed E-state index contributed by atoms with van der Waals surface area (Å²) in [6.45, 7) is 3.74. The SMILES string of the molecule is CCOc1cc(/C=C2\SC(=O)N(CC(=O)Nc3ccccc3)C2=O)ccc1OCC(=O)N1CCOCC1. The highest BCUT2D eigenvalue weighted by Crippen LogP contribution is 2.34. The molecule has 2 fully saturated rings. The summed E-state index contributed by atoms with van der Waals surface area (Å²) in [4.78, 5) is 52.8. The number of carbonyl (C=O) groups excluding carboxylic acids is 4. The monoisotopic (exact) mass is 525 g/mol. The lowest BCUT2D eigenvalue weighted by molar-refractivity contribution is -0.137. The number of thioether (sulfide) groups is 1. The predicted molar refractivity (Wildman–Crippen MR) is 138 cm³/mol. The van der Waals surface area contributed by atoms with E-state index in [1.807, 2.05) is 13.0 Å². The van der Waals surface area contributed by atoms with Crippen molar-refractivity contribution in [3.05, 3.63) is 59.0 Å². The van der Waals surface area contributed by atoms with Crippen molar-refractivity contribution in [2.75, 3.05) is 51.4 Å². The number of morpholine rings is 1. The molecule has 2 heterocycles. The van der Waals surface area contributed by atoms with Crippen molar-refractivity contribution >= 4 is 46.5 Å². The Hall–Kier alpha value is -3.83. The van der Waals surface area contributed by atoms with Crippen molar-refractivity contribution in [1.29, 1.82) is 0 Å². The lowest BCUT2D eigenvalue weighted by atomic mass is 10.2. The average molecular weight is 526 g/mol. The summed E-state index contributed by atoms with van der Waals surface area (Å²) in [6, 6.07) is 13.8. The van der Waals surface area contributed by atoms with Crippen LogP contribution in [0.5, 0.6) is 11.5 Å². The summed E-state index contributed by atoms with van der Waals surface area (Å²) < 4.78 is 16.7. The lowest BCUT2D eigenvalue weighted by Gasteiger charge is -2.26. The van der Waals surface area contributed by atoms with Crippen LogP contribution in [0.15, 0.2) is 53.4 Å². The Labute approximate surface area is 218 Å². The molecule has 0 atom stereocenters. The molecule has 194 valence electrons. The van der Waals surface area contributed by atoms with E-state index >= 15 is 0 Å². The van der Waals surface area contributed by atoms with Crippen molar-refractivity contribution in [2.45, 2.75) is 6.92 Å². The van der Waals surface area contributed by atoms with Gasteiger partial charge in [0.15, 0.2) is 18.1 Å². The van der Waals surface area contributed by atoms with Crippen molar-refractivity contribution in [2.24, 2.45) is 0 Å². The third-order valence-electron chi connectivity index (χ3n) is 5.51. The van der Waals surface area contributed by atoms with Crippen molar-refractivity contribution in [1.82, 2.24) is 9.80 Å². The molecule has 11 heteroatoms. The van der Waals surface area contributed by atoms with Gasteiger partial charge in [0.2, 0.25) is 5.91 Å². The Kier molecular flexibility index (Phi) is 8.81. The first-order valence-electron chi connectivity index (χ1n) is 11.8. The number of hydrogen-bond donors (Lipinski definition) is 1. The van der Waals surface area contributed by atoms with Crippen LogP contribution in [0.4, 0.5) is 10.5 Å². The van der Waals surface area contributed by atoms with Gasteiger partial charge in [-0.05, 0) is 54.6 Å². The molecule has 0 saturated carbocycles. The molecule has 2 aromatic carbocycles. The van der Waals surface area contributed by atoms with Crippen LogP contribution in [0.2, 0.25) is 0 Å². The number of ether oxygens (including phenoxy) is 3. The highest BCUT2D eigenvalue weighted by Gasteiger charge is 2.36. The normalized spacial score (nSPS) is 16.7. The molecular weight excluding hydrogens is 498 g/mol. The zero-order valence-electron chi connectivity index (χ0n) is 20.3. The van der Waals surface area contributed by atoms with Gasteiger partial charge < -0.3 is 24.4 Å². The van der Waals surface area contributed by atoms with E-state index in [-0.39, 0.29) is 24.0 Å². The van der Waals surface area contributed by atoms with Gasteiger partial charge in [0.05, 0.1) is 24.7 Å². The number of benzene rings is 2. The highest BCUT2D eigenvalue weighted by atomic mass is 32.2. The maximum absolute atomic E-state index is 12.8. The molecule has 0 spiro atoms. The van der Waals surface area contributed by atoms with Gasteiger partial charge in [-0.15, -0.1) is 0 Å². The minimum Gasteiger partial charge on any atom is -0.490 e. The molecule has 2 aromatic rings. The number of anilines is 1. The quantitative estimate of drug-likeness (QED) is 0.497. The van der Waals surface area contributed by atoms with E-state index in [1.165, 1.54) is 0 Å². The Morgan fingerprint density at radius 1 is 1.05 bits per heavy atom. The van der Waals surface area contributed by atoms with Gasteiger partial charge in [0, 0.05) is 18.8 Å². The number of nitrogens with one attached hydrogen (secondary N) is 1. The fourth-order valence-corrected chi connectivity index (χ4v) is 4.54. The van der Waals surface area contributed by atoms with Gasteiger partial charge in [0.1, 0.15) is 6.54 Å². The van der Waals surface area contributed by atoms with Crippen molar-refractivity contribution < 1.29 is 33.4 Å². The molecule has 0 radical (unpaired) electrons. The Morgan fingerprint density at radius 3 is 2.54 bits per heavy atom. The molecule has 37 heavy (non-hydrogen) atoms. The topological polar surface area (TPSA) is 114 Å². The third-order valence-corrected chi connectivity index (χ3v) is 6.42. The molecule has 0 unspecified atom stereocenters. The summed E-state index contributed by atoms with van der Waals surface area (Å²) in [5, 5.41) is 2.14. The van der Waals surface area contributed by atoms with Gasteiger partial charge in [-0.3, -0.25) is 24.1 Å². The number of carbonyl (C=O) groups is 4. The summed E-state index contributed by atoms with van der Waals surface area (Å²) in [5.74, 6) is -0.354. The van der Waals surface area contributed by atoms with Crippen LogP contribution in [0, 0.1) is 0 Å². The van der Waals surface area contributed by atoms with Crippen LogP contribution in [-0.4, -0.2) is 78.8 Å². The van der Waals surface area contributed by atoms with Gasteiger partial charge in [-0.1, -0.05) is 24.3 Å². The minimum absolute atomic E-state index is 0.136. The summed E-state index contributed by atoms with van der Waals surface area (Å²) in [7, 11) is 0. The van der Waals surface area contributed by atoms with E-state index in [2.05, 4.69) is 5.32 Å². The Morgan fingerprint density at radius 2 is 1.81 bits per heavy atom. The smallest absolute Gasteiger partial charge is 0.294 e. The highest BCUT2D eigenvalue weighted by molar-refractivity contribution is 8.18. The second-order valence-electron chi connectivity index (χ2n) is 8.10. The molecule has 2 aliphatic heterocycles. The largest absolute Gasteiger partial charge is 0.490 e. The van der Waals surface area contributed by atoms with Crippen LogP contribution in [0.25, 0.3) is 6.08 Å². The van der Waals surface area contributed by atoms with Gasteiger partial charge in [-0.25, -0.2) is 0 Å². The molecular formula is C26H27N3O7S. The molecule has 1 N–H and O–H groups in total. The summed E-state index contributed by atoms with van der Waals surface area (Å²) in [5.41, 5.74) is 1.18. The molecule has 2 aliphatic rings. The number of hydrogen-bond acceptors (Lipinski definition) is 8.